The summed E-state index contributed by atoms with van der Waals surface area (Å²) in [5.74, 6) is 1.38. The topological polar surface area (TPSA) is 55.1 Å². The Kier molecular flexibility index (Phi) is 8.76. The van der Waals surface area contributed by atoms with Crippen LogP contribution >= 0.6 is 12.4 Å². The molecule has 3 nitrogen and oxygen atoms in total. The highest BCUT2D eigenvalue weighted by Crippen LogP contribution is 2.29. The number of nitrogens with one attached hydrogen (secondary N) is 1. The van der Waals surface area contributed by atoms with Crippen LogP contribution in [0.25, 0.3) is 0 Å². The summed E-state index contributed by atoms with van der Waals surface area (Å²) in [4.78, 5) is 12.3. The van der Waals surface area contributed by atoms with Crippen molar-refractivity contribution >= 4 is 18.3 Å². The van der Waals surface area contributed by atoms with Gasteiger partial charge in [-0.1, -0.05) is 52.9 Å². The van der Waals surface area contributed by atoms with Crippen LogP contribution in [-0.2, 0) is 4.79 Å². The molecule has 1 amide bonds. The average molecular weight is 305 g/mol. The number of amides is 1. The fraction of sp³-hybridized carbons (Fsp3) is 0.938. The Labute approximate surface area is 130 Å². The minimum Gasteiger partial charge on any atom is -0.349 e. The highest BCUT2D eigenvalue weighted by molar-refractivity contribution is 5.85. The first-order chi connectivity index (χ1) is 8.89. The summed E-state index contributed by atoms with van der Waals surface area (Å²) in [5.41, 5.74) is 5.55. The van der Waals surface area contributed by atoms with Crippen molar-refractivity contribution in [3.63, 3.8) is 0 Å². The van der Waals surface area contributed by atoms with Crippen LogP contribution in [0, 0.1) is 17.8 Å². The fourth-order valence-corrected chi connectivity index (χ4v) is 2.87. The van der Waals surface area contributed by atoms with Crippen molar-refractivity contribution in [2.75, 3.05) is 6.54 Å². The minimum atomic E-state index is -0.280. The first kappa shape index (κ1) is 19.7. The van der Waals surface area contributed by atoms with Gasteiger partial charge in [-0.25, -0.2) is 0 Å². The molecule has 0 spiro atoms. The first-order valence-electron chi connectivity index (χ1n) is 7.91. The molecule has 0 aromatic carbocycles. The Balaban J connectivity index is 0.00000361. The highest BCUT2D eigenvalue weighted by atomic mass is 35.5. The van der Waals surface area contributed by atoms with Gasteiger partial charge in [0.2, 0.25) is 5.91 Å². The van der Waals surface area contributed by atoms with Crippen LogP contribution in [0.15, 0.2) is 0 Å². The Morgan fingerprint density at radius 3 is 2.25 bits per heavy atom. The maximum Gasteiger partial charge on any atom is 0.223 e. The molecule has 0 aliphatic heterocycles. The molecular formula is C16H33ClN2O. The van der Waals surface area contributed by atoms with Gasteiger partial charge < -0.3 is 11.1 Å². The quantitative estimate of drug-likeness (QED) is 0.789. The molecule has 0 heterocycles. The lowest BCUT2D eigenvalue weighted by Crippen LogP contribution is -2.56. The fourth-order valence-electron chi connectivity index (χ4n) is 2.87. The number of nitrogens with two attached hydrogens (primary N) is 1. The van der Waals surface area contributed by atoms with Gasteiger partial charge in [-0.05, 0) is 25.2 Å². The van der Waals surface area contributed by atoms with Gasteiger partial charge in [-0.3, -0.25) is 4.79 Å². The van der Waals surface area contributed by atoms with Crippen LogP contribution in [-0.4, -0.2) is 18.0 Å². The first-order valence-corrected chi connectivity index (χ1v) is 7.91. The number of hydrogen-bond acceptors (Lipinski definition) is 2. The summed E-state index contributed by atoms with van der Waals surface area (Å²) in [6.07, 6.45) is 7.68. The Bertz CT molecular complexity index is 290. The molecule has 2 unspecified atom stereocenters. The SMILES string of the molecule is CC(CC1CCCCC1)C(=O)NC(C)(CN)C(C)C.Cl. The molecule has 0 bridgehead atoms. The third-order valence-corrected chi connectivity index (χ3v) is 4.97. The monoisotopic (exact) mass is 304 g/mol. The van der Waals surface area contributed by atoms with Gasteiger partial charge in [0.05, 0.1) is 5.54 Å². The normalized spacial score (nSPS) is 20.9. The van der Waals surface area contributed by atoms with E-state index in [0.29, 0.717) is 12.5 Å². The molecule has 1 aliphatic rings. The van der Waals surface area contributed by atoms with E-state index in [1.54, 1.807) is 0 Å². The Morgan fingerprint density at radius 1 is 1.25 bits per heavy atom. The molecule has 2 atom stereocenters. The average Bonchev–Trinajstić information content (AvgIpc) is 2.39. The van der Waals surface area contributed by atoms with Crippen LogP contribution in [0.2, 0.25) is 0 Å². The van der Waals surface area contributed by atoms with Gasteiger partial charge in [-0.2, -0.15) is 0 Å². The molecule has 1 rings (SSSR count). The molecule has 120 valence electrons. The van der Waals surface area contributed by atoms with Crippen molar-refractivity contribution in [2.45, 2.75) is 71.8 Å². The zero-order valence-electron chi connectivity index (χ0n) is 13.6. The number of hydrogen-bond donors (Lipinski definition) is 2. The third kappa shape index (κ3) is 5.61. The van der Waals surface area contributed by atoms with Crippen LogP contribution in [0.4, 0.5) is 0 Å². The van der Waals surface area contributed by atoms with E-state index >= 15 is 0 Å². The van der Waals surface area contributed by atoms with E-state index in [0.717, 1.165) is 12.3 Å². The van der Waals surface area contributed by atoms with Crippen molar-refractivity contribution < 1.29 is 4.79 Å². The second kappa shape index (κ2) is 8.89. The molecule has 3 N–H and O–H groups in total. The summed E-state index contributed by atoms with van der Waals surface area (Å²) < 4.78 is 0. The second-order valence-corrected chi connectivity index (χ2v) is 6.91. The Hall–Kier alpha value is -0.280. The molecule has 1 saturated carbocycles. The zero-order chi connectivity index (χ0) is 14.5. The molecule has 0 aromatic heterocycles. The van der Waals surface area contributed by atoms with E-state index < -0.39 is 0 Å². The van der Waals surface area contributed by atoms with Crippen molar-refractivity contribution in [1.82, 2.24) is 5.32 Å². The van der Waals surface area contributed by atoms with Crippen molar-refractivity contribution in [3.8, 4) is 0 Å². The summed E-state index contributed by atoms with van der Waals surface area (Å²) in [7, 11) is 0. The van der Waals surface area contributed by atoms with Gasteiger partial charge in [0.1, 0.15) is 0 Å². The van der Waals surface area contributed by atoms with E-state index in [9.17, 15) is 4.79 Å². The molecule has 0 aromatic rings. The third-order valence-electron chi connectivity index (χ3n) is 4.97. The predicted octanol–water partition coefficient (Wildman–Crippen LogP) is 3.50. The predicted molar refractivity (Wildman–Crippen MR) is 88.0 cm³/mol. The van der Waals surface area contributed by atoms with Crippen LogP contribution in [0.3, 0.4) is 0 Å². The molecule has 20 heavy (non-hydrogen) atoms. The molecule has 1 fully saturated rings. The zero-order valence-corrected chi connectivity index (χ0v) is 14.4. The maximum absolute atomic E-state index is 12.3. The van der Waals surface area contributed by atoms with E-state index in [-0.39, 0.29) is 29.8 Å². The van der Waals surface area contributed by atoms with Gasteiger partial charge in [0, 0.05) is 12.5 Å². The number of rotatable bonds is 6. The smallest absolute Gasteiger partial charge is 0.223 e. The lowest BCUT2D eigenvalue weighted by molar-refractivity contribution is -0.127. The summed E-state index contributed by atoms with van der Waals surface area (Å²) >= 11 is 0. The van der Waals surface area contributed by atoms with Crippen molar-refractivity contribution in [3.05, 3.63) is 0 Å². The largest absolute Gasteiger partial charge is 0.349 e. The van der Waals surface area contributed by atoms with Crippen LogP contribution < -0.4 is 11.1 Å². The summed E-state index contributed by atoms with van der Waals surface area (Å²) in [6.45, 7) is 8.81. The highest BCUT2D eigenvalue weighted by Gasteiger charge is 2.30. The Morgan fingerprint density at radius 2 is 1.80 bits per heavy atom. The van der Waals surface area contributed by atoms with Crippen LogP contribution in [0.5, 0.6) is 0 Å². The number of carbonyl (C=O) groups is 1. The van der Waals surface area contributed by atoms with Gasteiger partial charge >= 0.3 is 0 Å². The van der Waals surface area contributed by atoms with E-state index in [1.807, 2.05) is 6.92 Å². The second-order valence-electron chi connectivity index (χ2n) is 6.91. The molecule has 0 radical (unpaired) electrons. The van der Waals surface area contributed by atoms with E-state index in [4.69, 9.17) is 5.73 Å². The summed E-state index contributed by atoms with van der Waals surface area (Å²) in [6, 6.07) is 0. The van der Waals surface area contributed by atoms with Gasteiger partial charge in [0.15, 0.2) is 0 Å². The van der Waals surface area contributed by atoms with Crippen LogP contribution in [0.1, 0.15) is 66.2 Å². The van der Waals surface area contributed by atoms with Crippen molar-refractivity contribution in [1.29, 1.82) is 0 Å². The lowest BCUT2D eigenvalue weighted by Gasteiger charge is -2.35. The maximum atomic E-state index is 12.3. The minimum absolute atomic E-state index is 0. The number of halogens is 1. The van der Waals surface area contributed by atoms with E-state index in [2.05, 4.69) is 26.1 Å². The van der Waals surface area contributed by atoms with Gasteiger partial charge in [0.25, 0.3) is 0 Å². The lowest BCUT2D eigenvalue weighted by atomic mass is 9.82. The summed E-state index contributed by atoms with van der Waals surface area (Å²) in [5, 5.41) is 3.17. The molecule has 4 heteroatoms. The molecule has 1 aliphatic carbocycles. The number of carbonyl (C=O) groups excluding carboxylic acids is 1. The molecular weight excluding hydrogens is 272 g/mol. The van der Waals surface area contributed by atoms with Crippen molar-refractivity contribution in [2.24, 2.45) is 23.5 Å². The van der Waals surface area contributed by atoms with E-state index in [1.165, 1.54) is 32.1 Å². The molecule has 0 saturated heterocycles. The standard InChI is InChI=1S/C16H32N2O.ClH/c1-12(2)16(4,11-17)18-15(19)13(3)10-14-8-6-5-7-9-14;/h12-14H,5-11,17H2,1-4H3,(H,18,19);1H. The van der Waals surface area contributed by atoms with Gasteiger partial charge in [-0.15, -0.1) is 12.4 Å².